The molecule has 200 valence electrons. The fourth-order valence-electron chi connectivity index (χ4n) is 6.91. The maximum absolute atomic E-state index is 13.4. The number of hydrogen-bond donors (Lipinski definition) is 2. The zero-order valence-electron chi connectivity index (χ0n) is 22.0. The smallest absolute Gasteiger partial charge is 0.262 e. The Morgan fingerprint density at radius 1 is 1.18 bits per heavy atom. The third-order valence-electron chi connectivity index (χ3n) is 9.22. The molecule has 2 aliphatic carbocycles. The summed E-state index contributed by atoms with van der Waals surface area (Å²) < 4.78 is 0. The van der Waals surface area contributed by atoms with Crippen LogP contribution in [0, 0.1) is 5.92 Å². The van der Waals surface area contributed by atoms with Gasteiger partial charge in [0.15, 0.2) is 0 Å². The van der Waals surface area contributed by atoms with Crippen molar-refractivity contribution in [3.63, 3.8) is 0 Å². The highest BCUT2D eigenvalue weighted by atomic mass is 32.1. The average molecular weight is 551 g/mol. The Labute approximate surface area is 230 Å². The number of carbonyl (C=O) groups excluding carboxylic acids is 2. The van der Waals surface area contributed by atoms with Crippen molar-refractivity contribution in [1.82, 2.24) is 25.1 Å². The first-order chi connectivity index (χ1) is 18.4. The van der Waals surface area contributed by atoms with Crippen LogP contribution in [0.3, 0.4) is 0 Å². The lowest BCUT2D eigenvalue weighted by atomic mass is 9.78. The van der Waals surface area contributed by atoms with Gasteiger partial charge in [0.2, 0.25) is 5.91 Å². The Bertz CT molecular complexity index is 1420. The lowest BCUT2D eigenvalue weighted by molar-refractivity contribution is -0.138. The van der Waals surface area contributed by atoms with Crippen molar-refractivity contribution in [1.29, 1.82) is 0 Å². The number of amides is 2. The molecule has 38 heavy (non-hydrogen) atoms. The Morgan fingerprint density at radius 3 is 2.84 bits per heavy atom. The van der Waals surface area contributed by atoms with E-state index in [1.807, 2.05) is 0 Å². The summed E-state index contributed by atoms with van der Waals surface area (Å²) in [5.74, 6) is 1.22. The van der Waals surface area contributed by atoms with Gasteiger partial charge >= 0.3 is 0 Å². The Kier molecular flexibility index (Phi) is 5.97. The average Bonchev–Trinajstić information content (AvgIpc) is 3.58. The molecule has 0 radical (unpaired) electrons. The molecular weight excluding hydrogens is 516 g/mol. The number of piperazine rings is 1. The molecule has 1 unspecified atom stereocenters. The SMILES string of the molecule is C[C@@H]1CN(C(=O)C2CCc3c(sc4ncnc(Nc5cc6c(s5)C(=O)NC65CCCCC5)c34)C2)CCN1C. The van der Waals surface area contributed by atoms with Crippen LogP contribution in [0.25, 0.3) is 10.2 Å². The molecule has 5 heterocycles. The van der Waals surface area contributed by atoms with Crippen molar-refractivity contribution in [2.24, 2.45) is 5.92 Å². The molecule has 2 amide bonds. The summed E-state index contributed by atoms with van der Waals surface area (Å²) in [6.45, 7) is 4.77. The highest BCUT2D eigenvalue weighted by Gasteiger charge is 2.45. The first-order valence-corrected chi connectivity index (χ1v) is 15.5. The normalized spacial score (nSPS) is 24.9. The van der Waals surface area contributed by atoms with Gasteiger partial charge in [-0.15, -0.1) is 22.7 Å². The second kappa shape index (κ2) is 9.27. The number of likely N-dealkylation sites (N-methyl/N-ethyl adjacent to an activating group) is 1. The lowest BCUT2D eigenvalue weighted by Crippen LogP contribution is -2.53. The minimum Gasteiger partial charge on any atom is -0.342 e. The number of rotatable bonds is 3. The van der Waals surface area contributed by atoms with E-state index in [0.717, 1.165) is 96.1 Å². The molecule has 0 aromatic carbocycles. The van der Waals surface area contributed by atoms with Gasteiger partial charge in [-0.1, -0.05) is 19.3 Å². The molecule has 3 aromatic rings. The number of aromatic nitrogens is 2. The summed E-state index contributed by atoms with van der Waals surface area (Å²) in [6, 6.07) is 2.57. The molecule has 2 N–H and O–H groups in total. The van der Waals surface area contributed by atoms with Crippen LogP contribution in [0.15, 0.2) is 12.4 Å². The summed E-state index contributed by atoms with van der Waals surface area (Å²) in [5.41, 5.74) is 2.26. The van der Waals surface area contributed by atoms with E-state index in [1.54, 1.807) is 17.7 Å². The van der Waals surface area contributed by atoms with Crippen molar-refractivity contribution in [2.75, 3.05) is 32.0 Å². The first-order valence-electron chi connectivity index (χ1n) is 13.9. The predicted molar refractivity (Wildman–Crippen MR) is 151 cm³/mol. The fraction of sp³-hybridized carbons (Fsp3) is 0.571. The van der Waals surface area contributed by atoms with Crippen LogP contribution in [-0.4, -0.2) is 64.3 Å². The van der Waals surface area contributed by atoms with E-state index in [9.17, 15) is 9.59 Å². The predicted octanol–water partition coefficient (Wildman–Crippen LogP) is 4.67. The number of carbonyl (C=O) groups is 2. The van der Waals surface area contributed by atoms with Crippen molar-refractivity contribution < 1.29 is 9.59 Å². The molecule has 4 aliphatic rings. The summed E-state index contributed by atoms with van der Waals surface area (Å²) in [5, 5.41) is 8.91. The molecule has 1 saturated carbocycles. The number of thiophene rings is 2. The van der Waals surface area contributed by atoms with Crippen molar-refractivity contribution >= 4 is 55.5 Å². The van der Waals surface area contributed by atoms with E-state index in [-0.39, 0.29) is 17.4 Å². The van der Waals surface area contributed by atoms with E-state index in [0.29, 0.717) is 11.9 Å². The Hall–Kier alpha value is -2.56. The monoisotopic (exact) mass is 550 g/mol. The zero-order chi connectivity index (χ0) is 26.0. The number of nitrogens with zero attached hydrogens (tertiary/aromatic N) is 4. The molecule has 3 aromatic heterocycles. The number of nitrogens with one attached hydrogen (secondary N) is 2. The van der Waals surface area contributed by atoms with Crippen LogP contribution in [0.2, 0.25) is 0 Å². The summed E-state index contributed by atoms with van der Waals surface area (Å²) in [4.78, 5) is 42.9. The van der Waals surface area contributed by atoms with Gasteiger partial charge in [0.25, 0.3) is 5.91 Å². The van der Waals surface area contributed by atoms with Gasteiger partial charge in [0.05, 0.1) is 20.8 Å². The highest BCUT2D eigenvalue weighted by molar-refractivity contribution is 7.19. The van der Waals surface area contributed by atoms with Crippen LogP contribution < -0.4 is 10.6 Å². The standard InChI is InChI=1S/C28H34N6O2S2/c1-16-14-34(11-10-33(16)2)27(36)17-6-7-18-20(12-17)37-26-22(18)24(29-15-30-26)31-21-13-19-23(38-21)25(35)32-28(19)8-4-3-5-9-28/h13,15-17H,3-12,14H2,1-2H3,(H,32,35)(H,29,30,31)/t16-,17?/m1/s1. The molecule has 7 rings (SSSR count). The van der Waals surface area contributed by atoms with E-state index in [4.69, 9.17) is 0 Å². The molecule has 2 atom stereocenters. The summed E-state index contributed by atoms with van der Waals surface area (Å²) in [7, 11) is 2.13. The molecule has 2 aliphatic heterocycles. The van der Waals surface area contributed by atoms with Crippen molar-refractivity contribution in [2.45, 2.75) is 69.9 Å². The van der Waals surface area contributed by atoms with Crippen LogP contribution in [-0.2, 0) is 23.2 Å². The van der Waals surface area contributed by atoms with E-state index in [1.165, 1.54) is 28.2 Å². The molecule has 8 nitrogen and oxygen atoms in total. The molecule has 1 saturated heterocycles. The van der Waals surface area contributed by atoms with Crippen LogP contribution >= 0.6 is 22.7 Å². The number of aryl methyl sites for hydroxylation is 1. The molecule has 10 heteroatoms. The molecular formula is C28H34N6O2S2. The van der Waals surface area contributed by atoms with E-state index >= 15 is 0 Å². The van der Waals surface area contributed by atoms with Crippen molar-refractivity contribution in [3.8, 4) is 0 Å². The van der Waals surface area contributed by atoms with Gasteiger partial charge in [-0.2, -0.15) is 0 Å². The third kappa shape index (κ3) is 3.95. The van der Waals surface area contributed by atoms with Gasteiger partial charge < -0.3 is 20.4 Å². The molecule has 1 spiro atoms. The second-order valence-electron chi connectivity index (χ2n) is 11.5. The quantitative estimate of drug-likeness (QED) is 0.493. The minimum atomic E-state index is -0.188. The maximum Gasteiger partial charge on any atom is 0.262 e. The van der Waals surface area contributed by atoms with Crippen LogP contribution in [0.1, 0.15) is 71.1 Å². The molecule has 2 fully saturated rings. The minimum absolute atomic E-state index is 0.0426. The number of anilines is 2. The fourth-order valence-corrected chi connectivity index (χ4v) is 9.23. The van der Waals surface area contributed by atoms with Gasteiger partial charge in [0.1, 0.15) is 17.0 Å². The van der Waals surface area contributed by atoms with Crippen molar-refractivity contribution in [3.05, 3.63) is 33.3 Å². The first kappa shape index (κ1) is 24.5. The van der Waals surface area contributed by atoms with E-state index in [2.05, 4.69) is 50.4 Å². The Morgan fingerprint density at radius 2 is 2.03 bits per heavy atom. The van der Waals surface area contributed by atoms with Crippen LogP contribution in [0.4, 0.5) is 10.8 Å². The Balaban J connectivity index is 1.14. The number of hydrogen-bond acceptors (Lipinski definition) is 8. The number of fused-ring (bicyclic) bond motifs is 5. The third-order valence-corrected chi connectivity index (χ3v) is 11.4. The second-order valence-corrected chi connectivity index (χ2v) is 13.7. The van der Waals surface area contributed by atoms with Gasteiger partial charge in [0, 0.05) is 42.0 Å². The van der Waals surface area contributed by atoms with Crippen LogP contribution in [0.5, 0.6) is 0 Å². The summed E-state index contributed by atoms with van der Waals surface area (Å²) >= 11 is 3.23. The van der Waals surface area contributed by atoms with Gasteiger partial charge in [-0.3, -0.25) is 9.59 Å². The summed E-state index contributed by atoms with van der Waals surface area (Å²) in [6.07, 6.45) is 9.72. The highest BCUT2D eigenvalue weighted by Crippen LogP contribution is 2.48. The van der Waals surface area contributed by atoms with E-state index < -0.39 is 0 Å². The van der Waals surface area contributed by atoms with Gasteiger partial charge in [-0.25, -0.2) is 9.97 Å². The van der Waals surface area contributed by atoms with Gasteiger partial charge in [-0.05, 0) is 57.7 Å². The largest absolute Gasteiger partial charge is 0.342 e. The molecule has 0 bridgehead atoms. The zero-order valence-corrected chi connectivity index (χ0v) is 23.6. The maximum atomic E-state index is 13.4. The lowest BCUT2D eigenvalue weighted by Gasteiger charge is -2.39. The topological polar surface area (TPSA) is 90.5 Å².